The van der Waals surface area contributed by atoms with Crippen LogP contribution in [0.25, 0.3) is 0 Å². The van der Waals surface area contributed by atoms with Crippen LogP contribution in [0.1, 0.15) is 25.1 Å². The van der Waals surface area contributed by atoms with Crippen LogP contribution in [0.4, 0.5) is 0 Å². The van der Waals surface area contributed by atoms with E-state index in [9.17, 15) is 0 Å². The summed E-state index contributed by atoms with van der Waals surface area (Å²) in [6.45, 7) is 6.28. The quantitative estimate of drug-likeness (QED) is 0.786. The lowest BCUT2D eigenvalue weighted by atomic mass is 10.1. The van der Waals surface area contributed by atoms with Gasteiger partial charge in [-0.3, -0.25) is 0 Å². The molecule has 16 heavy (non-hydrogen) atoms. The van der Waals surface area contributed by atoms with Gasteiger partial charge in [0.15, 0.2) is 5.82 Å². The number of rotatable bonds is 5. The van der Waals surface area contributed by atoms with Crippen molar-refractivity contribution in [2.24, 2.45) is 11.7 Å². The molecule has 5 heteroatoms. The predicted octanol–water partition coefficient (Wildman–Crippen LogP) is 0.455. The molecule has 2 N–H and O–H groups in total. The molecule has 1 saturated heterocycles. The lowest BCUT2D eigenvalue weighted by molar-refractivity contribution is 0.338. The van der Waals surface area contributed by atoms with Crippen LogP contribution in [0.15, 0.2) is 4.52 Å². The number of hydrogen-bond acceptors (Lipinski definition) is 5. The van der Waals surface area contributed by atoms with Crippen molar-refractivity contribution in [2.45, 2.75) is 26.2 Å². The largest absolute Gasteiger partial charge is 0.339 e. The van der Waals surface area contributed by atoms with Crippen molar-refractivity contribution in [3.05, 3.63) is 11.7 Å². The number of likely N-dealkylation sites (tertiary alicyclic amines) is 1. The maximum absolute atomic E-state index is 5.44. The Balaban J connectivity index is 1.84. The fraction of sp³-hybridized carbons (Fsp3) is 0.818. The third kappa shape index (κ3) is 2.80. The number of hydrogen-bond donors (Lipinski definition) is 1. The van der Waals surface area contributed by atoms with Gasteiger partial charge in [-0.25, -0.2) is 0 Å². The monoisotopic (exact) mass is 224 g/mol. The minimum atomic E-state index is 0.564. The summed E-state index contributed by atoms with van der Waals surface area (Å²) in [7, 11) is 0. The smallest absolute Gasteiger partial charge is 0.227 e. The van der Waals surface area contributed by atoms with Crippen molar-refractivity contribution in [3.63, 3.8) is 0 Å². The van der Waals surface area contributed by atoms with Crippen LogP contribution in [-0.2, 0) is 12.8 Å². The molecule has 2 heterocycles. The highest BCUT2D eigenvalue weighted by molar-refractivity contribution is 4.91. The maximum Gasteiger partial charge on any atom is 0.227 e. The Morgan fingerprint density at radius 3 is 3.12 bits per heavy atom. The van der Waals surface area contributed by atoms with Crippen LogP contribution in [0.5, 0.6) is 0 Å². The average molecular weight is 224 g/mol. The van der Waals surface area contributed by atoms with Crippen LogP contribution in [0, 0.1) is 5.92 Å². The van der Waals surface area contributed by atoms with Gasteiger partial charge in [-0.2, -0.15) is 4.98 Å². The highest BCUT2D eigenvalue weighted by atomic mass is 16.5. The molecule has 1 aromatic heterocycles. The van der Waals surface area contributed by atoms with Crippen molar-refractivity contribution in [1.29, 1.82) is 0 Å². The fourth-order valence-corrected chi connectivity index (χ4v) is 2.22. The SMILES string of the molecule is CCN1CCC(Cc2noc(CCN)n2)C1. The van der Waals surface area contributed by atoms with Crippen molar-refractivity contribution in [3.8, 4) is 0 Å². The lowest BCUT2D eigenvalue weighted by Crippen LogP contribution is -2.20. The first-order valence-corrected chi connectivity index (χ1v) is 6.05. The Morgan fingerprint density at radius 1 is 1.56 bits per heavy atom. The molecule has 0 saturated carbocycles. The predicted molar refractivity (Wildman–Crippen MR) is 61.0 cm³/mol. The minimum absolute atomic E-state index is 0.564. The van der Waals surface area contributed by atoms with E-state index in [1.807, 2.05) is 0 Å². The van der Waals surface area contributed by atoms with Gasteiger partial charge in [-0.15, -0.1) is 0 Å². The van der Waals surface area contributed by atoms with Gasteiger partial charge in [-0.1, -0.05) is 12.1 Å². The van der Waals surface area contributed by atoms with Gasteiger partial charge in [0.1, 0.15) is 0 Å². The van der Waals surface area contributed by atoms with Gasteiger partial charge in [-0.05, 0) is 25.4 Å². The van der Waals surface area contributed by atoms with Gasteiger partial charge in [0.05, 0.1) is 0 Å². The van der Waals surface area contributed by atoms with E-state index >= 15 is 0 Å². The molecule has 0 spiro atoms. The molecule has 1 aliphatic heterocycles. The molecule has 1 unspecified atom stereocenters. The zero-order valence-corrected chi connectivity index (χ0v) is 9.85. The third-order valence-electron chi connectivity index (χ3n) is 3.16. The number of nitrogens with two attached hydrogens (primary N) is 1. The highest BCUT2D eigenvalue weighted by Crippen LogP contribution is 2.19. The van der Waals surface area contributed by atoms with Gasteiger partial charge < -0.3 is 15.2 Å². The number of aromatic nitrogens is 2. The summed E-state index contributed by atoms with van der Waals surface area (Å²) < 4.78 is 5.11. The molecule has 90 valence electrons. The van der Waals surface area contributed by atoms with Crippen molar-refractivity contribution in [1.82, 2.24) is 15.0 Å². The Kier molecular flexibility index (Phi) is 3.90. The molecule has 0 radical (unpaired) electrons. The molecule has 1 aromatic rings. The Bertz CT molecular complexity index is 326. The van der Waals surface area contributed by atoms with Crippen LogP contribution in [0.3, 0.4) is 0 Å². The van der Waals surface area contributed by atoms with Gasteiger partial charge in [0, 0.05) is 25.9 Å². The second kappa shape index (κ2) is 5.41. The minimum Gasteiger partial charge on any atom is -0.339 e. The van der Waals surface area contributed by atoms with E-state index in [4.69, 9.17) is 10.3 Å². The summed E-state index contributed by atoms with van der Waals surface area (Å²) >= 11 is 0. The van der Waals surface area contributed by atoms with Crippen LogP contribution in [0.2, 0.25) is 0 Å². The third-order valence-corrected chi connectivity index (χ3v) is 3.16. The molecule has 1 aliphatic rings. The second-order valence-corrected chi connectivity index (χ2v) is 4.40. The van der Waals surface area contributed by atoms with E-state index in [0.29, 0.717) is 24.8 Å². The zero-order chi connectivity index (χ0) is 11.4. The zero-order valence-electron chi connectivity index (χ0n) is 9.85. The summed E-state index contributed by atoms with van der Waals surface area (Å²) in [4.78, 5) is 6.80. The van der Waals surface area contributed by atoms with E-state index in [-0.39, 0.29) is 0 Å². The summed E-state index contributed by atoms with van der Waals surface area (Å²) in [5.41, 5.74) is 5.44. The molecule has 0 amide bonds. The Labute approximate surface area is 96.0 Å². The molecule has 0 bridgehead atoms. The first-order valence-electron chi connectivity index (χ1n) is 6.05. The van der Waals surface area contributed by atoms with E-state index in [0.717, 1.165) is 25.3 Å². The first kappa shape index (κ1) is 11.5. The summed E-state index contributed by atoms with van der Waals surface area (Å²) in [5.74, 6) is 2.19. The standard InChI is InChI=1S/C11H20N4O/c1-2-15-6-4-9(8-15)7-10-13-11(3-5-12)16-14-10/h9H,2-8,12H2,1H3. The van der Waals surface area contributed by atoms with Crippen LogP contribution in [-0.4, -0.2) is 41.2 Å². The van der Waals surface area contributed by atoms with Crippen LogP contribution < -0.4 is 5.73 Å². The van der Waals surface area contributed by atoms with E-state index in [1.165, 1.54) is 13.0 Å². The molecule has 1 fully saturated rings. The van der Waals surface area contributed by atoms with E-state index in [1.54, 1.807) is 0 Å². The van der Waals surface area contributed by atoms with Crippen molar-refractivity contribution >= 4 is 0 Å². The van der Waals surface area contributed by atoms with Gasteiger partial charge >= 0.3 is 0 Å². The summed E-state index contributed by atoms with van der Waals surface area (Å²) in [5, 5.41) is 3.99. The van der Waals surface area contributed by atoms with Crippen LogP contribution >= 0.6 is 0 Å². The summed E-state index contributed by atoms with van der Waals surface area (Å²) in [6.07, 6.45) is 2.86. The van der Waals surface area contributed by atoms with Gasteiger partial charge in [0.2, 0.25) is 5.89 Å². The van der Waals surface area contributed by atoms with Gasteiger partial charge in [0.25, 0.3) is 0 Å². The highest BCUT2D eigenvalue weighted by Gasteiger charge is 2.23. The molecular formula is C11H20N4O. The maximum atomic E-state index is 5.44. The molecule has 0 aromatic carbocycles. The lowest BCUT2D eigenvalue weighted by Gasteiger charge is -2.11. The number of nitrogens with zero attached hydrogens (tertiary/aromatic N) is 3. The Hall–Kier alpha value is -0.940. The van der Waals surface area contributed by atoms with E-state index in [2.05, 4.69) is 22.0 Å². The molecule has 5 nitrogen and oxygen atoms in total. The second-order valence-electron chi connectivity index (χ2n) is 4.40. The fourth-order valence-electron chi connectivity index (χ4n) is 2.22. The Morgan fingerprint density at radius 2 is 2.44 bits per heavy atom. The van der Waals surface area contributed by atoms with E-state index < -0.39 is 0 Å². The molecule has 0 aliphatic carbocycles. The average Bonchev–Trinajstić information content (AvgIpc) is 2.89. The topological polar surface area (TPSA) is 68.2 Å². The van der Waals surface area contributed by atoms with Crippen molar-refractivity contribution < 1.29 is 4.52 Å². The first-order chi connectivity index (χ1) is 7.81. The summed E-state index contributed by atoms with van der Waals surface area (Å²) in [6, 6.07) is 0. The normalized spacial score (nSPS) is 21.8. The van der Waals surface area contributed by atoms with Crippen molar-refractivity contribution in [2.75, 3.05) is 26.2 Å². The molecule has 1 atom stereocenters. The molecular weight excluding hydrogens is 204 g/mol. The molecule has 2 rings (SSSR count).